The molecule has 0 aliphatic heterocycles. The van der Waals surface area contributed by atoms with Crippen molar-refractivity contribution in [2.45, 2.75) is 13.3 Å². The average molecular weight is 335 g/mol. The molecule has 1 heterocycles. The van der Waals surface area contributed by atoms with Gasteiger partial charge in [-0.3, -0.25) is 4.79 Å². The minimum absolute atomic E-state index is 0.0817. The van der Waals surface area contributed by atoms with Crippen LogP contribution in [0.15, 0.2) is 41.1 Å². The summed E-state index contributed by atoms with van der Waals surface area (Å²) in [7, 11) is 1.61. The van der Waals surface area contributed by atoms with Gasteiger partial charge in [0.1, 0.15) is 10.4 Å². The smallest absolute Gasteiger partial charge is 0.228 e. The van der Waals surface area contributed by atoms with Crippen LogP contribution >= 0.6 is 15.9 Å². The fourth-order valence-electron chi connectivity index (χ4n) is 1.80. The molecular weight excluding hydrogens is 320 g/mol. The minimum Gasteiger partial charge on any atom is -0.497 e. The Morgan fingerprint density at radius 1 is 1.40 bits per heavy atom. The van der Waals surface area contributed by atoms with E-state index in [2.05, 4.69) is 26.2 Å². The van der Waals surface area contributed by atoms with Gasteiger partial charge in [-0.1, -0.05) is 12.1 Å². The lowest BCUT2D eigenvalue weighted by atomic mass is 10.1. The number of nitrogens with one attached hydrogen (secondary N) is 1. The second kappa shape index (κ2) is 6.52. The quantitative estimate of drug-likeness (QED) is 0.872. The van der Waals surface area contributed by atoms with Gasteiger partial charge in [-0.05, 0) is 52.2 Å². The number of rotatable bonds is 4. The van der Waals surface area contributed by atoms with Crippen molar-refractivity contribution in [1.29, 1.82) is 0 Å². The minimum atomic E-state index is -0.0817. The van der Waals surface area contributed by atoms with Crippen LogP contribution in [0, 0.1) is 6.92 Å². The summed E-state index contributed by atoms with van der Waals surface area (Å²) in [5.74, 6) is 0.665. The normalized spacial score (nSPS) is 10.2. The number of benzene rings is 1. The molecule has 2 rings (SSSR count). The number of anilines is 1. The Morgan fingerprint density at radius 2 is 2.20 bits per heavy atom. The van der Waals surface area contributed by atoms with Gasteiger partial charge in [0.05, 0.1) is 25.4 Å². The zero-order chi connectivity index (χ0) is 14.5. The summed E-state index contributed by atoms with van der Waals surface area (Å²) in [6.07, 6.45) is 1.92. The van der Waals surface area contributed by atoms with E-state index >= 15 is 0 Å². The second-order valence-corrected chi connectivity index (χ2v) is 5.16. The summed E-state index contributed by atoms with van der Waals surface area (Å²) >= 11 is 3.33. The van der Waals surface area contributed by atoms with E-state index in [4.69, 9.17) is 4.74 Å². The first-order chi connectivity index (χ1) is 9.58. The fourth-order valence-corrected chi connectivity index (χ4v) is 2.02. The molecule has 0 radical (unpaired) electrons. The van der Waals surface area contributed by atoms with Gasteiger partial charge in [0, 0.05) is 0 Å². The molecule has 0 fully saturated rings. The molecule has 104 valence electrons. The van der Waals surface area contributed by atoms with Gasteiger partial charge < -0.3 is 10.1 Å². The molecule has 0 spiro atoms. The Labute approximate surface area is 126 Å². The van der Waals surface area contributed by atoms with Crippen molar-refractivity contribution < 1.29 is 9.53 Å². The first-order valence-corrected chi connectivity index (χ1v) is 6.92. The van der Waals surface area contributed by atoms with Crippen LogP contribution in [0.5, 0.6) is 5.75 Å². The highest BCUT2D eigenvalue weighted by Gasteiger charge is 2.06. The van der Waals surface area contributed by atoms with Crippen LogP contribution in [0.1, 0.15) is 11.1 Å². The Bertz CT molecular complexity index is 629. The monoisotopic (exact) mass is 334 g/mol. The molecule has 1 N–H and O–H groups in total. The molecule has 0 saturated carbocycles. The number of carbonyl (C=O) groups is 1. The van der Waals surface area contributed by atoms with Crippen LogP contribution in [0.4, 0.5) is 5.69 Å². The number of ether oxygens (including phenoxy) is 1. The van der Waals surface area contributed by atoms with Gasteiger partial charge in [-0.2, -0.15) is 0 Å². The lowest BCUT2D eigenvalue weighted by molar-refractivity contribution is -0.115. The number of hydrogen-bond acceptors (Lipinski definition) is 3. The molecule has 1 aromatic carbocycles. The third kappa shape index (κ3) is 3.81. The molecular formula is C15H15BrN2O2. The number of nitrogens with zero attached hydrogens (tertiary/aromatic N) is 1. The molecule has 2 aromatic rings. The molecule has 1 aromatic heterocycles. The maximum Gasteiger partial charge on any atom is 0.228 e. The van der Waals surface area contributed by atoms with Crippen molar-refractivity contribution in [3.8, 4) is 5.75 Å². The summed E-state index contributed by atoms with van der Waals surface area (Å²) in [6.45, 7) is 1.93. The molecule has 0 bridgehead atoms. The first kappa shape index (κ1) is 14.5. The molecule has 0 aliphatic carbocycles. The predicted molar refractivity (Wildman–Crippen MR) is 82.0 cm³/mol. The van der Waals surface area contributed by atoms with Gasteiger partial charge >= 0.3 is 0 Å². The van der Waals surface area contributed by atoms with Crippen molar-refractivity contribution in [2.75, 3.05) is 12.4 Å². The Balaban J connectivity index is 2.03. The molecule has 0 saturated heterocycles. The van der Waals surface area contributed by atoms with Crippen LogP contribution in [-0.4, -0.2) is 18.0 Å². The van der Waals surface area contributed by atoms with Crippen molar-refractivity contribution in [3.05, 3.63) is 52.3 Å². The average Bonchev–Trinajstić information content (AvgIpc) is 2.43. The van der Waals surface area contributed by atoms with Crippen LogP contribution < -0.4 is 10.1 Å². The third-order valence-corrected chi connectivity index (χ3v) is 3.63. The van der Waals surface area contributed by atoms with Gasteiger partial charge in [-0.25, -0.2) is 4.98 Å². The van der Waals surface area contributed by atoms with E-state index in [0.717, 1.165) is 21.5 Å². The van der Waals surface area contributed by atoms with E-state index in [9.17, 15) is 4.79 Å². The molecule has 0 aliphatic rings. The number of methoxy groups -OCH3 is 1. The summed E-state index contributed by atoms with van der Waals surface area (Å²) < 4.78 is 5.92. The van der Waals surface area contributed by atoms with Gasteiger partial charge in [0.15, 0.2) is 0 Å². The van der Waals surface area contributed by atoms with Crippen LogP contribution in [0.2, 0.25) is 0 Å². The molecule has 1 amide bonds. The number of hydrogen-bond donors (Lipinski definition) is 1. The number of carbonyl (C=O) groups excluding carboxylic acids is 1. The van der Waals surface area contributed by atoms with E-state index in [1.54, 1.807) is 13.3 Å². The van der Waals surface area contributed by atoms with E-state index in [-0.39, 0.29) is 5.91 Å². The standard InChI is InChI=1S/C15H15BrN2O2/c1-10-6-12(9-17-15(10)16)18-14(19)8-11-4-3-5-13(7-11)20-2/h3-7,9H,8H2,1-2H3,(H,18,19). The van der Waals surface area contributed by atoms with Crippen molar-refractivity contribution in [1.82, 2.24) is 4.98 Å². The maximum atomic E-state index is 12.0. The predicted octanol–water partition coefficient (Wildman–Crippen LogP) is 3.34. The number of amides is 1. The SMILES string of the molecule is COc1cccc(CC(=O)Nc2cnc(Br)c(C)c2)c1. The zero-order valence-electron chi connectivity index (χ0n) is 11.3. The Hall–Kier alpha value is -1.88. The van der Waals surface area contributed by atoms with Gasteiger partial charge in [-0.15, -0.1) is 0 Å². The Kier molecular flexibility index (Phi) is 4.74. The van der Waals surface area contributed by atoms with Crippen LogP contribution in [0.3, 0.4) is 0 Å². The van der Waals surface area contributed by atoms with E-state index in [1.165, 1.54) is 0 Å². The molecule has 4 nitrogen and oxygen atoms in total. The molecule has 0 atom stereocenters. The zero-order valence-corrected chi connectivity index (χ0v) is 12.9. The Morgan fingerprint density at radius 3 is 2.90 bits per heavy atom. The summed E-state index contributed by atoms with van der Waals surface area (Å²) in [6, 6.07) is 9.34. The van der Waals surface area contributed by atoms with Crippen molar-refractivity contribution in [2.24, 2.45) is 0 Å². The highest BCUT2D eigenvalue weighted by molar-refractivity contribution is 9.10. The lowest BCUT2D eigenvalue weighted by Gasteiger charge is -2.07. The summed E-state index contributed by atoms with van der Waals surface area (Å²) in [5.41, 5.74) is 2.58. The largest absolute Gasteiger partial charge is 0.497 e. The van der Waals surface area contributed by atoms with Crippen molar-refractivity contribution in [3.63, 3.8) is 0 Å². The van der Waals surface area contributed by atoms with Crippen LogP contribution in [0.25, 0.3) is 0 Å². The van der Waals surface area contributed by atoms with E-state index in [0.29, 0.717) is 12.1 Å². The highest BCUT2D eigenvalue weighted by atomic mass is 79.9. The second-order valence-electron chi connectivity index (χ2n) is 4.41. The topological polar surface area (TPSA) is 51.2 Å². The maximum absolute atomic E-state index is 12.0. The van der Waals surface area contributed by atoms with E-state index < -0.39 is 0 Å². The van der Waals surface area contributed by atoms with Gasteiger partial charge in [0.25, 0.3) is 0 Å². The summed E-state index contributed by atoms with van der Waals surface area (Å²) in [4.78, 5) is 16.1. The summed E-state index contributed by atoms with van der Waals surface area (Å²) in [5, 5.41) is 2.83. The molecule has 20 heavy (non-hydrogen) atoms. The highest BCUT2D eigenvalue weighted by Crippen LogP contribution is 2.17. The van der Waals surface area contributed by atoms with Crippen LogP contribution in [-0.2, 0) is 11.2 Å². The number of pyridine rings is 1. The van der Waals surface area contributed by atoms with Crippen molar-refractivity contribution >= 4 is 27.5 Å². The molecule has 5 heteroatoms. The fraction of sp³-hybridized carbons (Fsp3) is 0.200. The molecule has 0 unspecified atom stereocenters. The van der Waals surface area contributed by atoms with E-state index in [1.807, 2.05) is 37.3 Å². The first-order valence-electron chi connectivity index (χ1n) is 6.13. The third-order valence-electron chi connectivity index (χ3n) is 2.80. The number of halogens is 1. The number of aromatic nitrogens is 1. The van der Waals surface area contributed by atoms with Gasteiger partial charge in [0.2, 0.25) is 5.91 Å². The number of aryl methyl sites for hydroxylation is 1. The lowest BCUT2D eigenvalue weighted by Crippen LogP contribution is -2.14.